The molecule has 3 aromatic rings. The van der Waals surface area contributed by atoms with Gasteiger partial charge >= 0.3 is 0 Å². The summed E-state index contributed by atoms with van der Waals surface area (Å²) in [6.07, 6.45) is 3.39. The van der Waals surface area contributed by atoms with Crippen molar-refractivity contribution >= 4 is 44.3 Å². The Labute approximate surface area is 118 Å². The molecule has 3 rings (SSSR count). The normalized spacial score (nSPS) is 10.6. The number of nitrogens with zero attached hydrogens (tertiary/aromatic N) is 3. The van der Waals surface area contributed by atoms with E-state index in [2.05, 4.69) is 36.2 Å². The molecule has 0 fully saturated rings. The van der Waals surface area contributed by atoms with Crippen molar-refractivity contribution in [2.45, 2.75) is 0 Å². The van der Waals surface area contributed by atoms with Crippen molar-refractivity contribution in [1.29, 1.82) is 0 Å². The number of anilines is 3. The Morgan fingerprint density at radius 1 is 1.11 bits per heavy atom. The molecule has 2 heterocycles. The molecule has 0 amide bonds. The quantitative estimate of drug-likeness (QED) is 0.759. The van der Waals surface area contributed by atoms with Crippen LogP contribution in [0.5, 0.6) is 0 Å². The summed E-state index contributed by atoms with van der Waals surface area (Å²) < 4.78 is 0.752. The predicted molar refractivity (Wildman–Crippen MR) is 79.2 cm³/mol. The first-order valence-electron chi connectivity index (χ1n) is 5.63. The Balaban J connectivity index is 2.08. The van der Waals surface area contributed by atoms with Gasteiger partial charge in [0.1, 0.15) is 5.82 Å². The zero-order valence-corrected chi connectivity index (χ0v) is 11.4. The molecular weight excluding hydrogens is 306 g/mol. The van der Waals surface area contributed by atoms with Gasteiger partial charge in [-0.1, -0.05) is 6.07 Å². The number of halogens is 1. The minimum atomic E-state index is 0.226. The van der Waals surface area contributed by atoms with Crippen molar-refractivity contribution in [3.63, 3.8) is 0 Å². The van der Waals surface area contributed by atoms with E-state index in [1.807, 2.05) is 30.3 Å². The van der Waals surface area contributed by atoms with E-state index in [0.29, 0.717) is 5.82 Å². The van der Waals surface area contributed by atoms with Crippen molar-refractivity contribution in [3.8, 4) is 0 Å². The summed E-state index contributed by atoms with van der Waals surface area (Å²) in [7, 11) is 0. The third kappa shape index (κ3) is 2.34. The number of hydrogen-bond acceptors (Lipinski definition) is 5. The van der Waals surface area contributed by atoms with Crippen molar-refractivity contribution in [2.75, 3.05) is 11.1 Å². The van der Waals surface area contributed by atoms with Crippen LogP contribution in [0.1, 0.15) is 0 Å². The molecule has 6 heteroatoms. The van der Waals surface area contributed by atoms with Gasteiger partial charge in [-0.25, -0.2) is 4.98 Å². The molecule has 0 radical (unpaired) electrons. The van der Waals surface area contributed by atoms with Crippen LogP contribution in [0.15, 0.2) is 47.2 Å². The zero-order valence-electron chi connectivity index (χ0n) is 9.84. The molecule has 0 aliphatic carbocycles. The number of nitrogens with one attached hydrogen (secondary N) is 1. The first-order valence-corrected chi connectivity index (χ1v) is 6.42. The van der Waals surface area contributed by atoms with Crippen molar-refractivity contribution in [3.05, 3.63) is 47.2 Å². The van der Waals surface area contributed by atoms with Gasteiger partial charge in [-0.3, -0.25) is 4.98 Å². The average Bonchev–Trinajstić information content (AvgIpc) is 2.43. The predicted octanol–water partition coefficient (Wildman–Crippen LogP) is 3.11. The van der Waals surface area contributed by atoms with Crippen LogP contribution in [-0.4, -0.2) is 15.0 Å². The number of nitrogens with two attached hydrogens (primary N) is 1. The molecule has 0 unspecified atom stereocenters. The second-order valence-electron chi connectivity index (χ2n) is 3.93. The number of rotatable bonds is 2. The van der Waals surface area contributed by atoms with Crippen LogP contribution in [0.4, 0.5) is 17.5 Å². The van der Waals surface area contributed by atoms with Gasteiger partial charge in [-0.05, 0) is 40.2 Å². The lowest BCUT2D eigenvalue weighted by Gasteiger charge is -2.10. The lowest BCUT2D eigenvalue weighted by atomic mass is 10.2. The third-order valence-corrected chi connectivity index (χ3v) is 3.24. The summed E-state index contributed by atoms with van der Waals surface area (Å²) in [6.45, 7) is 0. The molecule has 0 aliphatic heterocycles. The van der Waals surface area contributed by atoms with Gasteiger partial charge < -0.3 is 11.1 Å². The van der Waals surface area contributed by atoms with Crippen molar-refractivity contribution < 1.29 is 0 Å². The van der Waals surface area contributed by atoms with Gasteiger partial charge in [0.2, 0.25) is 5.95 Å². The summed E-state index contributed by atoms with van der Waals surface area (Å²) >= 11 is 3.39. The number of hydrogen-bond donors (Lipinski definition) is 2. The summed E-state index contributed by atoms with van der Waals surface area (Å²) in [5, 5.41) is 4.26. The summed E-state index contributed by atoms with van der Waals surface area (Å²) in [5.41, 5.74) is 7.44. The minimum absolute atomic E-state index is 0.226. The zero-order chi connectivity index (χ0) is 13.2. The van der Waals surface area contributed by atoms with E-state index in [4.69, 9.17) is 5.73 Å². The second kappa shape index (κ2) is 4.81. The fourth-order valence-electron chi connectivity index (χ4n) is 1.81. The summed E-state index contributed by atoms with van der Waals surface area (Å²) in [6, 6.07) is 9.77. The lowest BCUT2D eigenvalue weighted by Crippen LogP contribution is -2.01. The maximum absolute atomic E-state index is 5.60. The highest BCUT2D eigenvalue weighted by Gasteiger charge is 2.06. The van der Waals surface area contributed by atoms with Crippen molar-refractivity contribution in [1.82, 2.24) is 15.0 Å². The SMILES string of the molecule is Nc1ncc(Br)c(Nc2cccc3ncccc23)n1. The van der Waals surface area contributed by atoms with Crippen LogP contribution < -0.4 is 11.1 Å². The molecular formula is C13H10BrN5. The molecule has 0 bridgehead atoms. The van der Waals surface area contributed by atoms with E-state index < -0.39 is 0 Å². The molecule has 0 spiro atoms. The number of nitrogen functional groups attached to an aromatic ring is 1. The molecule has 3 N–H and O–H groups in total. The first kappa shape index (κ1) is 11.9. The summed E-state index contributed by atoms with van der Waals surface area (Å²) in [4.78, 5) is 12.4. The first-order chi connectivity index (χ1) is 9.24. The molecule has 0 atom stereocenters. The molecule has 0 aliphatic rings. The van der Waals surface area contributed by atoms with Gasteiger partial charge in [0.15, 0.2) is 0 Å². The summed E-state index contributed by atoms with van der Waals surface area (Å²) in [5.74, 6) is 0.855. The number of fused-ring (bicyclic) bond motifs is 1. The number of pyridine rings is 1. The highest BCUT2D eigenvalue weighted by molar-refractivity contribution is 9.10. The van der Waals surface area contributed by atoms with E-state index in [-0.39, 0.29) is 5.95 Å². The molecule has 0 saturated carbocycles. The Morgan fingerprint density at radius 2 is 2.00 bits per heavy atom. The highest BCUT2D eigenvalue weighted by atomic mass is 79.9. The van der Waals surface area contributed by atoms with Crippen LogP contribution in [0, 0.1) is 0 Å². The van der Waals surface area contributed by atoms with E-state index in [1.165, 1.54) is 0 Å². The molecule has 94 valence electrons. The van der Waals surface area contributed by atoms with Crippen LogP contribution in [0.25, 0.3) is 10.9 Å². The maximum atomic E-state index is 5.60. The largest absolute Gasteiger partial charge is 0.368 e. The van der Waals surface area contributed by atoms with Gasteiger partial charge in [0.25, 0.3) is 0 Å². The molecule has 19 heavy (non-hydrogen) atoms. The van der Waals surface area contributed by atoms with Gasteiger partial charge in [-0.2, -0.15) is 4.98 Å². The molecule has 1 aromatic carbocycles. The van der Waals surface area contributed by atoms with Crippen LogP contribution in [0.3, 0.4) is 0 Å². The molecule has 2 aromatic heterocycles. The Bertz CT molecular complexity index is 739. The van der Waals surface area contributed by atoms with E-state index >= 15 is 0 Å². The number of aromatic nitrogens is 3. The van der Waals surface area contributed by atoms with Crippen LogP contribution in [0.2, 0.25) is 0 Å². The monoisotopic (exact) mass is 315 g/mol. The lowest BCUT2D eigenvalue weighted by molar-refractivity contribution is 1.17. The van der Waals surface area contributed by atoms with Gasteiger partial charge in [0.05, 0.1) is 9.99 Å². The fraction of sp³-hybridized carbons (Fsp3) is 0. The fourth-order valence-corrected chi connectivity index (χ4v) is 2.10. The standard InChI is InChI=1S/C13H10BrN5/c14-9-7-17-13(15)19-12(9)18-11-5-1-4-10-8(11)3-2-6-16-10/h1-7H,(H3,15,17,18,19). The smallest absolute Gasteiger partial charge is 0.222 e. The topological polar surface area (TPSA) is 76.7 Å². The molecule has 5 nitrogen and oxygen atoms in total. The van der Waals surface area contributed by atoms with Gasteiger partial charge in [-0.15, -0.1) is 0 Å². The Hall–Kier alpha value is -2.21. The highest BCUT2D eigenvalue weighted by Crippen LogP contribution is 2.28. The number of benzene rings is 1. The van der Waals surface area contributed by atoms with Crippen LogP contribution in [-0.2, 0) is 0 Å². The second-order valence-corrected chi connectivity index (χ2v) is 4.78. The van der Waals surface area contributed by atoms with Crippen LogP contribution >= 0.6 is 15.9 Å². The maximum Gasteiger partial charge on any atom is 0.222 e. The Morgan fingerprint density at radius 3 is 2.89 bits per heavy atom. The Kier molecular flexibility index (Phi) is 3.00. The van der Waals surface area contributed by atoms with Gasteiger partial charge in [0, 0.05) is 23.5 Å². The van der Waals surface area contributed by atoms with E-state index in [9.17, 15) is 0 Å². The third-order valence-electron chi connectivity index (χ3n) is 2.66. The molecule has 0 saturated heterocycles. The van der Waals surface area contributed by atoms with Crippen molar-refractivity contribution in [2.24, 2.45) is 0 Å². The minimum Gasteiger partial charge on any atom is -0.368 e. The average molecular weight is 316 g/mol. The van der Waals surface area contributed by atoms with E-state index in [1.54, 1.807) is 12.4 Å². The van der Waals surface area contributed by atoms with E-state index in [0.717, 1.165) is 21.1 Å².